The Kier molecular flexibility index (Phi) is 5.74. The van der Waals surface area contributed by atoms with Gasteiger partial charge in [-0.25, -0.2) is 0 Å². The van der Waals surface area contributed by atoms with Crippen LogP contribution in [-0.2, 0) is 6.42 Å². The Hall–Kier alpha value is -2.48. The molecule has 0 fully saturated rings. The topological polar surface area (TPSA) is 6.02 Å². The predicted octanol–water partition coefficient (Wildman–Crippen LogP) is 5.29. The van der Waals surface area contributed by atoms with Gasteiger partial charge in [0.25, 0.3) is 0 Å². The second-order valence-corrected chi connectivity index (χ2v) is 8.07. The second kappa shape index (κ2) is 8.04. The molecule has 0 saturated heterocycles. The summed E-state index contributed by atoms with van der Waals surface area (Å²) in [5, 5.41) is 0. The molecule has 1 aliphatic heterocycles. The normalized spacial score (nSPS) is 14.1. The molecule has 0 atom stereocenters. The van der Waals surface area contributed by atoms with Gasteiger partial charge in [0.15, 0.2) is 0 Å². The summed E-state index contributed by atoms with van der Waals surface area (Å²) in [4.78, 5) is 0. The number of hydrogen-bond acceptors (Lipinski definition) is 0. The zero-order valence-electron chi connectivity index (χ0n) is 17.4. The first kappa shape index (κ1) is 19.3. The first-order chi connectivity index (χ1) is 12.9. The molecule has 0 unspecified atom stereocenters. The number of rotatable bonds is 6. The van der Waals surface area contributed by atoms with Crippen molar-refractivity contribution in [1.82, 2.24) is 0 Å². The van der Waals surface area contributed by atoms with Crippen LogP contribution in [0.25, 0.3) is 0 Å². The third kappa shape index (κ3) is 3.95. The van der Waals surface area contributed by atoms with Crippen molar-refractivity contribution in [3.63, 3.8) is 0 Å². The van der Waals surface area contributed by atoms with Gasteiger partial charge in [-0.3, -0.25) is 4.58 Å². The number of aryl methyl sites for hydroxylation is 1. The summed E-state index contributed by atoms with van der Waals surface area (Å²) in [7, 11) is 0. The molecular weight excluding hydrogens is 328 g/mol. The highest BCUT2D eigenvalue weighted by molar-refractivity contribution is 5.63. The Morgan fingerprint density at radius 1 is 0.963 bits per heavy atom. The average molecular weight is 361 g/mol. The largest absolute Gasteiger partial charge is 0.431 e. The van der Waals surface area contributed by atoms with Crippen molar-refractivity contribution in [2.75, 3.05) is 6.54 Å². The molecule has 0 bridgehead atoms. The molecule has 1 aliphatic rings. The van der Waals surface area contributed by atoms with Crippen LogP contribution < -0.4 is 0 Å². The third-order valence-corrected chi connectivity index (χ3v) is 5.45. The van der Waals surface area contributed by atoms with Crippen LogP contribution in [0.3, 0.4) is 0 Å². The molecule has 0 N–H and O–H groups in total. The van der Waals surface area contributed by atoms with Crippen LogP contribution in [0.15, 0.2) is 42.5 Å². The van der Waals surface area contributed by atoms with Gasteiger partial charge in [-0.2, -0.15) is 0 Å². The van der Waals surface area contributed by atoms with Gasteiger partial charge in [0.05, 0.1) is 0 Å². The molecule has 2 aromatic rings. The molecule has 27 heavy (non-hydrogen) atoms. The van der Waals surface area contributed by atoms with E-state index in [4.69, 9.17) is 0 Å². The van der Waals surface area contributed by atoms with Crippen LogP contribution in [0, 0.1) is 19.6 Å². The van der Waals surface area contributed by atoms with Crippen LogP contribution in [0.5, 0.6) is 0 Å². The molecule has 2 heteroatoms. The quantitative estimate of drug-likeness (QED) is 0.487. The van der Waals surface area contributed by atoms with E-state index in [1.807, 2.05) is 4.58 Å². The van der Waals surface area contributed by atoms with Crippen LogP contribution in [-0.4, -0.2) is 28.6 Å². The van der Waals surface area contributed by atoms with Crippen LogP contribution in [0.4, 0.5) is 0 Å². The van der Waals surface area contributed by atoms with Gasteiger partial charge in [0.2, 0.25) is 6.17 Å². The SMILES string of the molecule is C=[N+]1[CH-]C=[N+](CCc2c(C(C)C)cccc2C(C)C)[C-]1c1ccccc1C. The maximum atomic E-state index is 4.20. The molecule has 142 valence electrons. The van der Waals surface area contributed by atoms with Gasteiger partial charge in [0, 0.05) is 18.5 Å². The van der Waals surface area contributed by atoms with Crippen molar-refractivity contribution in [2.45, 2.75) is 52.9 Å². The van der Waals surface area contributed by atoms with Crippen molar-refractivity contribution in [3.05, 3.63) is 83.0 Å². The Balaban J connectivity index is 1.89. The minimum Gasteiger partial charge on any atom is -0.431 e. The highest BCUT2D eigenvalue weighted by Crippen LogP contribution is 2.29. The van der Waals surface area contributed by atoms with E-state index in [0.717, 1.165) is 13.0 Å². The standard InChI is InChI=1S/C25H32N2/c1-18(2)21-12-9-13-22(19(3)4)24(21)14-15-27-17-16-26(6)25(27)23-11-8-7-10-20(23)5/h7-13,16-19H,6,14-15H2,1-5H3. The minimum atomic E-state index is 0.539. The second-order valence-electron chi connectivity index (χ2n) is 8.07. The van der Waals surface area contributed by atoms with E-state index in [1.165, 1.54) is 34.0 Å². The maximum absolute atomic E-state index is 4.20. The van der Waals surface area contributed by atoms with Crippen molar-refractivity contribution < 1.29 is 9.15 Å². The Labute approximate surface area is 164 Å². The molecule has 0 spiro atoms. The first-order valence-corrected chi connectivity index (χ1v) is 9.99. The molecule has 1 heterocycles. The van der Waals surface area contributed by atoms with E-state index in [2.05, 4.69) is 101 Å². The Morgan fingerprint density at radius 3 is 2.19 bits per heavy atom. The van der Waals surface area contributed by atoms with Crippen LogP contribution in [0.1, 0.15) is 67.3 Å². The zero-order chi connectivity index (χ0) is 19.6. The molecule has 0 saturated carbocycles. The lowest BCUT2D eigenvalue weighted by molar-refractivity contribution is -0.647. The fourth-order valence-electron chi connectivity index (χ4n) is 4.01. The first-order valence-electron chi connectivity index (χ1n) is 9.99. The molecular formula is C25H32N2. The number of nitrogens with zero attached hydrogens (tertiary/aromatic N) is 2. The van der Waals surface area contributed by atoms with Gasteiger partial charge < -0.3 is 4.58 Å². The lowest BCUT2D eigenvalue weighted by atomic mass is 9.87. The highest BCUT2D eigenvalue weighted by Gasteiger charge is 2.27. The van der Waals surface area contributed by atoms with Gasteiger partial charge in [-0.1, -0.05) is 82.4 Å². The van der Waals surface area contributed by atoms with E-state index in [1.54, 1.807) is 0 Å². The van der Waals surface area contributed by atoms with Crippen molar-refractivity contribution in [3.8, 4) is 0 Å². The van der Waals surface area contributed by atoms with E-state index in [-0.39, 0.29) is 0 Å². The summed E-state index contributed by atoms with van der Waals surface area (Å²) in [6, 6.07) is 15.4. The van der Waals surface area contributed by atoms with Crippen molar-refractivity contribution >= 4 is 12.9 Å². The fraction of sp³-hybridized carbons (Fsp3) is 0.360. The number of hydrogen-bond donors (Lipinski definition) is 0. The minimum absolute atomic E-state index is 0.539. The molecule has 0 radical (unpaired) electrons. The molecule has 0 aromatic heterocycles. The van der Waals surface area contributed by atoms with Gasteiger partial charge in [-0.05, 0) is 35.4 Å². The maximum Gasteiger partial charge on any atom is 0.239 e. The van der Waals surface area contributed by atoms with E-state index >= 15 is 0 Å². The van der Waals surface area contributed by atoms with Crippen molar-refractivity contribution in [2.24, 2.45) is 0 Å². The lowest BCUT2D eigenvalue weighted by Gasteiger charge is -2.23. The van der Waals surface area contributed by atoms with Gasteiger partial charge in [0.1, 0.15) is 12.8 Å². The van der Waals surface area contributed by atoms with Crippen LogP contribution >= 0.6 is 0 Å². The summed E-state index contributed by atoms with van der Waals surface area (Å²) >= 11 is 0. The molecule has 0 amide bonds. The van der Waals surface area contributed by atoms with E-state index < -0.39 is 0 Å². The summed E-state index contributed by atoms with van der Waals surface area (Å²) in [5.41, 5.74) is 7.00. The summed E-state index contributed by atoms with van der Waals surface area (Å²) < 4.78 is 4.33. The average Bonchev–Trinajstić information content (AvgIpc) is 3.00. The summed E-state index contributed by atoms with van der Waals surface area (Å²) in [6.45, 7) is 18.5. The highest BCUT2D eigenvalue weighted by atomic mass is 15.3. The number of benzene rings is 2. The fourth-order valence-corrected chi connectivity index (χ4v) is 4.01. The Morgan fingerprint density at radius 2 is 1.59 bits per heavy atom. The lowest BCUT2D eigenvalue weighted by Crippen LogP contribution is -2.25. The van der Waals surface area contributed by atoms with Crippen molar-refractivity contribution in [1.29, 1.82) is 0 Å². The molecule has 0 aliphatic carbocycles. The summed E-state index contributed by atoms with van der Waals surface area (Å²) in [5.74, 6) is 1.08. The smallest absolute Gasteiger partial charge is 0.239 e. The predicted molar refractivity (Wildman–Crippen MR) is 115 cm³/mol. The molecule has 3 rings (SSSR count). The van der Waals surface area contributed by atoms with E-state index in [9.17, 15) is 0 Å². The molecule has 2 aromatic carbocycles. The van der Waals surface area contributed by atoms with E-state index in [0.29, 0.717) is 11.8 Å². The molecule has 2 nitrogen and oxygen atoms in total. The van der Waals surface area contributed by atoms with Gasteiger partial charge in [-0.15, -0.1) is 0 Å². The monoisotopic (exact) mass is 360 g/mol. The summed E-state index contributed by atoms with van der Waals surface area (Å²) in [6.07, 6.45) is 4.36. The Bertz CT molecular complexity index is 832. The zero-order valence-corrected chi connectivity index (χ0v) is 17.4. The third-order valence-electron chi connectivity index (χ3n) is 5.45. The van der Waals surface area contributed by atoms with Gasteiger partial charge >= 0.3 is 0 Å². The van der Waals surface area contributed by atoms with Crippen LogP contribution in [0.2, 0.25) is 0 Å².